The molecule has 2 aliphatic carbocycles. The number of aryl methyl sites for hydroxylation is 3. The van der Waals surface area contributed by atoms with E-state index in [-0.39, 0.29) is 11.5 Å². The van der Waals surface area contributed by atoms with Crippen molar-refractivity contribution in [3.63, 3.8) is 0 Å². The van der Waals surface area contributed by atoms with Crippen LogP contribution in [-0.2, 0) is 11.8 Å². The van der Waals surface area contributed by atoms with Crippen molar-refractivity contribution in [1.82, 2.24) is 0 Å². The minimum atomic E-state index is 0.0917. The third-order valence-corrected chi connectivity index (χ3v) is 12.4. The van der Waals surface area contributed by atoms with Crippen LogP contribution < -0.4 is 4.74 Å². The van der Waals surface area contributed by atoms with Crippen molar-refractivity contribution >= 4 is 5.57 Å². The van der Waals surface area contributed by atoms with Gasteiger partial charge in [-0.2, -0.15) is 0 Å². The first-order valence-corrected chi connectivity index (χ1v) is 23.2. The van der Waals surface area contributed by atoms with Crippen LogP contribution in [-0.4, -0.2) is 6.10 Å². The Kier molecular flexibility index (Phi) is 13.9. The maximum absolute atomic E-state index is 6.11. The van der Waals surface area contributed by atoms with Crippen molar-refractivity contribution in [1.29, 1.82) is 0 Å². The van der Waals surface area contributed by atoms with Crippen LogP contribution >= 0.6 is 0 Å². The van der Waals surface area contributed by atoms with Crippen molar-refractivity contribution < 1.29 is 4.74 Å². The molecular formula is C63H62O. The molecule has 0 aromatic heterocycles. The molecule has 1 heterocycles. The molecule has 3 aliphatic rings. The molecule has 10 rings (SSSR count). The van der Waals surface area contributed by atoms with Gasteiger partial charge < -0.3 is 4.74 Å². The van der Waals surface area contributed by atoms with Crippen LogP contribution in [0.3, 0.4) is 0 Å². The topological polar surface area (TPSA) is 9.23 Å². The zero-order chi connectivity index (χ0) is 44.5. The average Bonchev–Trinajstić information content (AvgIpc) is 3.72. The van der Waals surface area contributed by atoms with E-state index in [1.165, 1.54) is 89.9 Å². The van der Waals surface area contributed by atoms with Crippen LogP contribution in [0.25, 0.3) is 50.1 Å². The normalized spacial score (nSPS) is 15.7. The van der Waals surface area contributed by atoms with E-state index >= 15 is 0 Å². The third kappa shape index (κ3) is 10.6. The van der Waals surface area contributed by atoms with Crippen molar-refractivity contribution in [2.24, 2.45) is 0 Å². The minimum absolute atomic E-state index is 0.0917. The van der Waals surface area contributed by atoms with Crippen molar-refractivity contribution in [2.75, 3.05) is 0 Å². The number of hydrogen-bond acceptors (Lipinski definition) is 1. The summed E-state index contributed by atoms with van der Waals surface area (Å²) in [5, 5.41) is 0. The lowest BCUT2D eigenvalue weighted by Gasteiger charge is -2.24. The molecule has 0 amide bonds. The predicted molar refractivity (Wildman–Crippen MR) is 275 cm³/mol. The molecular weight excluding hydrogens is 773 g/mol. The van der Waals surface area contributed by atoms with Crippen molar-refractivity contribution in [3.05, 3.63) is 240 Å². The molecule has 320 valence electrons. The van der Waals surface area contributed by atoms with Crippen LogP contribution in [0.2, 0.25) is 0 Å². The van der Waals surface area contributed by atoms with Crippen molar-refractivity contribution in [3.8, 4) is 50.3 Å². The molecule has 2 atom stereocenters. The number of ether oxygens (including phenoxy) is 1. The highest BCUT2D eigenvalue weighted by Gasteiger charge is 2.34. The zero-order valence-corrected chi connectivity index (χ0v) is 38.5. The summed E-state index contributed by atoms with van der Waals surface area (Å²) in [7, 11) is 0. The lowest BCUT2D eigenvalue weighted by molar-refractivity contribution is 0.269. The van der Waals surface area contributed by atoms with Gasteiger partial charge >= 0.3 is 0 Å². The summed E-state index contributed by atoms with van der Waals surface area (Å²) in [6, 6.07) is 59.2. The fourth-order valence-electron chi connectivity index (χ4n) is 9.02. The first kappa shape index (κ1) is 43.9. The quantitative estimate of drug-likeness (QED) is 0.155. The molecule has 0 radical (unpaired) electrons. The van der Waals surface area contributed by atoms with Crippen molar-refractivity contribution in [2.45, 2.75) is 84.7 Å². The molecule has 0 saturated carbocycles. The second kappa shape index (κ2) is 20.2. The Morgan fingerprint density at radius 2 is 1.19 bits per heavy atom. The Hall–Kier alpha value is -6.70. The molecule has 0 spiro atoms. The largest absolute Gasteiger partial charge is 0.485 e. The van der Waals surface area contributed by atoms with Gasteiger partial charge in [0, 0.05) is 11.5 Å². The molecule has 2 unspecified atom stereocenters. The van der Waals surface area contributed by atoms with E-state index in [1.807, 2.05) is 6.07 Å². The van der Waals surface area contributed by atoms with E-state index in [0.29, 0.717) is 5.92 Å². The molecule has 0 N–H and O–H groups in total. The van der Waals surface area contributed by atoms with Gasteiger partial charge in [0.05, 0.1) is 0 Å². The SMILES string of the molecule is CCCc1cccc(-c2cccc3c2C2C=CC=CC2O3)c1.Cc1ccc(-c2ccc(C(C)(C)C)c(-c3ccc(C4=CCCC=C4)cc3)c2)cc1.Cc1cccc(-c2ccccc2)c1. The zero-order valence-electron chi connectivity index (χ0n) is 38.5. The third-order valence-electron chi connectivity index (χ3n) is 12.4. The number of fused-ring (bicyclic) bond motifs is 3. The van der Waals surface area contributed by atoms with E-state index < -0.39 is 0 Å². The van der Waals surface area contributed by atoms with E-state index in [1.54, 1.807) is 0 Å². The Morgan fingerprint density at radius 1 is 0.531 bits per heavy atom. The summed E-state index contributed by atoms with van der Waals surface area (Å²) in [4.78, 5) is 0. The second-order valence-corrected chi connectivity index (χ2v) is 18.4. The molecule has 0 fully saturated rings. The molecule has 7 aromatic rings. The maximum atomic E-state index is 6.11. The molecule has 64 heavy (non-hydrogen) atoms. The fraction of sp³-hybridized carbons (Fsp3) is 0.206. The van der Waals surface area contributed by atoms with Gasteiger partial charge in [0.2, 0.25) is 0 Å². The van der Waals surface area contributed by atoms with Gasteiger partial charge in [0.25, 0.3) is 0 Å². The maximum Gasteiger partial charge on any atom is 0.128 e. The highest BCUT2D eigenvalue weighted by Crippen LogP contribution is 2.46. The number of hydrogen-bond donors (Lipinski definition) is 0. The summed E-state index contributed by atoms with van der Waals surface area (Å²) in [6.07, 6.45) is 20.2. The molecule has 1 nitrogen and oxygen atoms in total. The summed E-state index contributed by atoms with van der Waals surface area (Å²) in [5.41, 5.74) is 19.8. The molecule has 1 heteroatoms. The average molecular weight is 835 g/mol. The fourth-order valence-corrected chi connectivity index (χ4v) is 9.02. The summed E-state index contributed by atoms with van der Waals surface area (Å²) < 4.78 is 6.11. The number of benzene rings is 7. The summed E-state index contributed by atoms with van der Waals surface area (Å²) in [5.74, 6) is 1.37. The van der Waals surface area contributed by atoms with E-state index in [2.05, 4.69) is 242 Å². The second-order valence-electron chi connectivity index (χ2n) is 18.4. The van der Waals surface area contributed by atoms with Gasteiger partial charge in [-0.1, -0.05) is 233 Å². The van der Waals surface area contributed by atoms with Gasteiger partial charge in [-0.3, -0.25) is 0 Å². The highest BCUT2D eigenvalue weighted by atomic mass is 16.5. The molecule has 7 aromatic carbocycles. The monoisotopic (exact) mass is 834 g/mol. The first-order valence-electron chi connectivity index (χ1n) is 23.2. The predicted octanol–water partition coefficient (Wildman–Crippen LogP) is 17.3. The lowest BCUT2D eigenvalue weighted by atomic mass is 9.80. The molecule has 0 saturated heterocycles. The van der Waals surface area contributed by atoms with Gasteiger partial charge in [-0.25, -0.2) is 0 Å². The van der Waals surface area contributed by atoms with Gasteiger partial charge in [0.1, 0.15) is 11.9 Å². The van der Waals surface area contributed by atoms with Gasteiger partial charge in [0.15, 0.2) is 0 Å². The highest BCUT2D eigenvalue weighted by molar-refractivity contribution is 5.80. The van der Waals surface area contributed by atoms with E-state index in [9.17, 15) is 0 Å². The number of rotatable bonds is 7. The van der Waals surface area contributed by atoms with Crippen LogP contribution in [0.15, 0.2) is 206 Å². The van der Waals surface area contributed by atoms with E-state index in [0.717, 1.165) is 25.0 Å². The van der Waals surface area contributed by atoms with Crippen LogP contribution in [0.4, 0.5) is 0 Å². The smallest absolute Gasteiger partial charge is 0.128 e. The molecule has 0 bridgehead atoms. The minimum Gasteiger partial charge on any atom is -0.485 e. The Morgan fingerprint density at radius 3 is 1.92 bits per heavy atom. The Balaban J connectivity index is 0.000000141. The van der Waals surface area contributed by atoms with E-state index in [4.69, 9.17) is 4.74 Å². The van der Waals surface area contributed by atoms with Gasteiger partial charge in [-0.15, -0.1) is 0 Å². The Labute approximate surface area is 383 Å². The summed E-state index contributed by atoms with van der Waals surface area (Å²) >= 11 is 0. The standard InChI is InChI=1S/C29H30.C21H20O.C13H12/c1-21-10-12-24(13-11-21)26-18-19-28(29(2,3)4)27(20-26)25-16-14-23(15-17-25)22-8-6-5-7-9-22;1-2-7-15-8-5-9-16(14-15)17-11-6-13-20-21(17)18-10-3-4-12-19(18)22-20;1-11-6-5-9-13(10-11)12-7-3-2-4-8-12/h6,8-20H,5,7H2,1-4H3;3-6,8-14,18-19H,2,7H2,1H3;2-10H,1H3. The first-order chi connectivity index (χ1) is 31.1. The van der Waals surface area contributed by atoms with Crippen LogP contribution in [0.1, 0.15) is 86.3 Å². The summed E-state index contributed by atoms with van der Waals surface area (Å²) in [6.45, 7) is 13.4. The van der Waals surface area contributed by atoms with Crippen LogP contribution in [0.5, 0.6) is 5.75 Å². The lowest BCUT2D eigenvalue weighted by Crippen LogP contribution is -2.15. The molecule has 1 aliphatic heterocycles. The number of allylic oxidation sites excluding steroid dienone is 6. The van der Waals surface area contributed by atoms with Gasteiger partial charge in [-0.05, 0) is 124 Å². The Bertz CT molecular complexity index is 2790. The van der Waals surface area contributed by atoms with Crippen LogP contribution in [0, 0.1) is 13.8 Å².